The van der Waals surface area contributed by atoms with Gasteiger partial charge in [0.2, 0.25) is 15.8 Å². The summed E-state index contributed by atoms with van der Waals surface area (Å²) in [5.41, 5.74) is 1.45. The first-order chi connectivity index (χ1) is 14.2. The first kappa shape index (κ1) is 21.5. The predicted octanol–water partition coefficient (Wildman–Crippen LogP) is 2.66. The summed E-state index contributed by atoms with van der Waals surface area (Å²) < 4.78 is 41.2. The zero-order valence-corrected chi connectivity index (χ0v) is 17.8. The molecular weight excluding hydrogens is 410 g/mol. The van der Waals surface area contributed by atoms with Crippen molar-refractivity contribution < 1.29 is 27.2 Å². The van der Waals surface area contributed by atoms with Crippen LogP contribution in [-0.2, 0) is 21.4 Å². The highest BCUT2D eigenvalue weighted by Crippen LogP contribution is 2.21. The fourth-order valence-corrected chi connectivity index (χ4v) is 3.50. The molecule has 0 saturated carbocycles. The Hall–Kier alpha value is -3.24. The van der Waals surface area contributed by atoms with Crippen LogP contribution in [0.3, 0.4) is 0 Å². The first-order valence-corrected chi connectivity index (χ1v) is 10.3. The van der Waals surface area contributed by atoms with E-state index in [1.807, 2.05) is 0 Å². The maximum atomic E-state index is 12.5. The molecule has 0 saturated heterocycles. The van der Waals surface area contributed by atoms with Gasteiger partial charge in [0.1, 0.15) is 5.75 Å². The van der Waals surface area contributed by atoms with Crippen molar-refractivity contribution in [2.24, 2.45) is 0 Å². The van der Waals surface area contributed by atoms with Crippen molar-refractivity contribution in [2.75, 3.05) is 21.2 Å². The summed E-state index contributed by atoms with van der Waals surface area (Å²) in [4.78, 5) is 16.7. The van der Waals surface area contributed by atoms with Gasteiger partial charge in [0, 0.05) is 19.7 Å². The van der Waals surface area contributed by atoms with Crippen molar-refractivity contribution in [1.29, 1.82) is 0 Å². The molecule has 0 aliphatic heterocycles. The molecule has 9 nitrogen and oxygen atoms in total. The quantitative estimate of drug-likeness (QED) is 0.525. The van der Waals surface area contributed by atoms with Crippen LogP contribution in [0.4, 0.5) is 0 Å². The number of aromatic nitrogens is 2. The van der Waals surface area contributed by atoms with E-state index in [0.717, 1.165) is 9.87 Å². The molecule has 1 aromatic heterocycles. The van der Waals surface area contributed by atoms with Gasteiger partial charge in [-0.15, -0.1) is 0 Å². The zero-order chi connectivity index (χ0) is 21.9. The van der Waals surface area contributed by atoms with Crippen LogP contribution in [0.5, 0.6) is 5.75 Å². The number of hydrogen-bond donors (Lipinski definition) is 0. The summed E-state index contributed by atoms with van der Waals surface area (Å²) >= 11 is 0. The molecule has 3 aromatic rings. The largest absolute Gasteiger partial charge is 0.497 e. The average Bonchev–Trinajstić information content (AvgIpc) is 3.21. The molecule has 3 rings (SSSR count). The Balaban J connectivity index is 1.72. The number of carbonyl (C=O) groups excluding carboxylic acids is 1. The number of methoxy groups -OCH3 is 1. The van der Waals surface area contributed by atoms with Gasteiger partial charge < -0.3 is 14.0 Å². The number of rotatable bonds is 7. The third kappa shape index (κ3) is 4.50. The summed E-state index contributed by atoms with van der Waals surface area (Å²) in [6, 6.07) is 11.4. The van der Waals surface area contributed by atoms with E-state index in [4.69, 9.17) is 14.0 Å². The fraction of sp³-hybridized carbons (Fsp3) is 0.250. The number of benzene rings is 2. The lowest BCUT2D eigenvalue weighted by Gasteiger charge is -2.13. The van der Waals surface area contributed by atoms with Crippen LogP contribution in [0.1, 0.15) is 21.8 Å². The van der Waals surface area contributed by atoms with Gasteiger partial charge in [-0.25, -0.2) is 17.5 Å². The van der Waals surface area contributed by atoms with Gasteiger partial charge in [0.05, 0.1) is 17.6 Å². The number of carbonyl (C=O) groups is 1. The van der Waals surface area contributed by atoms with E-state index in [1.54, 1.807) is 44.4 Å². The van der Waals surface area contributed by atoms with E-state index >= 15 is 0 Å². The van der Waals surface area contributed by atoms with Crippen molar-refractivity contribution in [2.45, 2.75) is 18.4 Å². The van der Waals surface area contributed by atoms with Gasteiger partial charge in [-0.3, -0.25) is 0 Å². The van der Waals surface area contributed by atoms with E-state index in [2.05, 4.69) is 10.1 Å². The summed E-state index contributed by atoms with van der Waals surface area (Å²) in [7, 11) is 0.739. The molecule has 0 unspecified atom stereocenters. The van der Waals surface area contributed by atoms with Crippen LogP contribution in [0.2, 0.25) is 0 Å². The van der Waals surface area contributed by atoms with Crippen LogP contribution in [0.25, 0.3) is 11.4 Å². The second-order valence-corrected chi connectivity index (χ2v) is 8.73. The number of aryl methyl sites for hydroxylation is 1. The Bertz CT molecular complexity index is 1150. The lowest BCUT2D eigenvalue weighted by Crippen LogP contribution is -2.22. The molecule has 0 N–H and O–H groups in total. The van der Waals surface area contributed by atoms with E-state index in [9.17, 15) is 13.2 Å². The van der Waals surface area contributed by atoms with Crippen LogP contribution >= 0.6 is 0 Å². The van der Waals surface area contributed by atoms with Crippen molar-refractivity contribution in [3.8, 4) is 17.1 Å². The summed E-state index contributed by atoms with van der Waals surface area (Å²) in [5.74, 6) is 0.473. The van der Waals surface area contributed by atoms with Crippen LogP contribution in [0, 0.1) is 6.92 Å². The minimum atomic E-state index is -3.67. The molecule has 0 spiro atoms. The van der Waals surface area contributed by atoms with Gasteiger partial charge in [0.25, 0.3) is 5.89 Å². The highest BCUT2D eigenvalue weighted by molar-refractivity contribution is 7.89. The number of ether oxygens (including phenoxy) is 2. The third-order valence-corrected chi connectivity index (χ3v) is 6.16. The molecule has 0 bridgehead atoms. The Morgan fingerprint density at radius 1 is 1.13 bits per heavy atom. The van der Waals surface area contributed by atoms with E-state index in [1.165, 1.54) is 26.2 Å². The van der Waals surface area contributed by atoms with E-state index in [0.29, 0.717) is 17.1 Å². The maximum Gasteiger partial charge on any atom is 0.338 e. The van der Waals surface area contributed by atoms with Crippen molar-refractivity contribution in [3.63, 3.8) is 0 Å². The third-order valence-electron chi connectivity index (χ3n) is 4.35. The second-order valence-electron chi connectivity index (χ2n) is 6.58. The van der Waals surface area contributed by atoms with Crippen molar-refractivity contribution >= 4 is 16.0 Å². The molecule has 2 aromatic carbocycles. The topological polar surface area (TPSA) is 112 Å². The van der Waals surface area contributed by atoms with Gasteiger partial charge >= 0.3 is 5.97 Å². The number of hydrogen-bond acceptors (Lipinski definition) is 8. The molecular formula is C20H21N3O6S. The number of nitrogens with zero attached hydrogens (tertiary/aromatic N) is 3. The van der Waals surface area contributed by atoms with E-state index < -0.39 is 16.0 Å². The lowest BCUT2D eigenvalue weighted by molar-refractivity contribution is 0.0428. The predicted molar refractivity (Wildman–Crippen MR) is 107 cm³/mol. The molecule has 0 aliphatic carbocycles. The Morgan fingerprint density at radius 3 is 2.47 bits per heavy atom. The van der Waals surface area contributed by atoms with Crippen molar-refractivity contribution in [1.82, 2.24) is 14.4 Å². The molecule has 0 fully saturated rings. The average molecular weight is 431 g/mol. The Labute approximate surface area is 174 Å². The standard InChI is InChI=1S/C20H21N3O6S/c1-13-5-10-16(30(25,26)23(2)3)11-17(13)20(24)28-12-18-21-19(22-29-18)14-6-8-15(27-4)9-7-14/h5-11H,12H2,1-4H3. The molecule has 0 aliphatic rings. The fourth-order valence-electron chi connectivity index (χ4n) is 2.57. The van der Waals surface area contributed by atoms with E-state index in [-0.39, 0.29) is 23.0 Å². The second kappa shape index (κ2) is 8.64. The van der Waals surface area contributed by atoms with Crippen LogP contribution in [-0.4, -0.2) is 50.0 Å². The SMILES string of the molecule is COc1ccc(-c2noc(COC(=O)c3cc(S(=O)(=O)N(C)C)ccc3C)n2)cc1. The zero-order valence-electron chi connectivity index (χ0n) is 16.9. The number of sulfonamides is 1. The summed E-state index contributed by atoms with van der Waals surface area (Å²) in [6.45, 7) is 1.45. The maximum absolute atomic E-state index is 12.5. The molecule has 0 radical (unpaired) electrons. The first-order valence-electron chi connectivity index (χ1n) is 8.89. The normalized spacial score (nSPS) is 11.5. The smallest absolute Gasteiger partial charge is 0.338 e. The molecule has 0 amide bonds. The van der Waals surface area contributed by atoms with Gasteiger partial charge in [-0.2, -0.15) is 4.98 Å². The van der Waals surface area contributed by atoms with Gasteiger partial charge in [-0.05, 0) is 48.9 Å². The number of esters is 1. The van der Waals surface area contributed by atoms with Gasteiger partial charge in [-0.1, -0.05) is 11.2 Å². The highest BCUT2D eigenvalue weighted by Gasteiger charge is 2.21. The monoisotopic (exact) mass is 431 g/mol. The van der Waals surface area contributed by atoms with Crippen LogP contribution < -0.4 is 4.74 Å². The van der Waals surface area contributed by atoms with Crippen molar-refractivity contribution in [3.05, 3.63) is 59.5 Å². The minimum Gasteiger partial charge on any atom is -0.497 e. The Kier molecular flexibility index (Phi) is 6.18. The lowest BCUT2D eigenvalue weighted by atomic mass is 10.1. The minimum absolute atomic E-state index is 0.00429. The summed E-state index contributed by atoms with van der Waals surface area (Å²) in [6.07, 6.45) is 0. The molecule has 158 valence electrons. The molecule has 0 atom stereocenters. The van der Waals surface area contributed by atoms with Gasteiger partial charge in [0.15, 0.2) is 6.61 Å². The Morgan fingerprint density at radius 2 is 1.83 bits per heavy atom. The molecule has 30 heavy (non-hydrogen) atoms. The van der Waals surface area contributed by atoms with Crippen LogP contribution in [0.15, 0.2) is 51.9 Å². The molecule has 1 heterocycles. The highest BCUT2D eigenvalue weighted by atomic mass is 32.2. The summed E-state index contributed by atoms with van der Waals surface area (Å²) in [5, 5.41) is 3.87. The molecule has 10 heteroatoms.